The van der Waals surface area contributed by atoms with Crippen LogP contribution in [0, 0.1) is 5.92 Å². The Morgan fingerprint density at radius 3 is 2.59 bits per heavy atom. The molecule has 2 aliphatic heterocycles. The summed E-state index contributed by atoms with van der Waals surface area (Å²) in [4.78, 5) is 24.9. The number of aliphatic hydroxyl groups is 3. The normalized spacial score (nSPS) is 25.5. The van der Waals surface area contributed by atoms with Gasteiger partial charge >= 0.3 is 6.09 Å². The zero-order chi connectivity index (χ0) is 24.5. The lowest BCUT2D eigenvalue weighted by Gasteiger charge is -2.38. The minimum atomic E-state index is -1.34. The number of hydrogen-bond donors (Lipinski definition) is 5. The van der Waals surface area contributed by atoms with E-state index in [1.807, 2.05) is 30.3 Å². The molecule has 11 heteroatoms. The maximum absolute atomic E-state index is 12.4. The molecule has 0 radical (unpaired) electrons. The number of ether oxygens (including phenoxy) is 3. The van der Waals surface area contributed by atoms with Gasteiger partial charge in [0.15, 0.2) is 6.29 Å². The first-order valence-corrected chi connectivity index (χ1v) is 11.6. The molecule has 34 heavy (non-hydrogen) atoms. The van der Waals surface area contributed by atoms with Gasteiger partial charge in [0.1, 0.15) is 18.3 Å². The third kappa shape index (κ3) is 7.62. The quantitative estimate of drug-likeness (QED) is 0.277. The first-order chi connectivity index (χ1) is 16.3. The highest BCUT2D eigenvalue weighted by Gasteiger charge is 2.39. The zero-order valence-corrected chi connectivity index (χ0v) is 19.1. The number of rotatable bonds is 10. The van der Waals surface area contributed by atoms with E-state index in [0.29, 0.717) is 19.6 Å². The molecular formula is C23H35N3O8. The number of aliphatic hydroxyl groups excluding tert-OH is 3. The zero-order valence-electron chi connectivity index (χ0n) is 19.1. The molecule has 190 valence electrons. The minimum absolute atomic E-state index is 0.00862. The van der Waals surface area contributed by atoms with Crippen LogP contribution in [-0.4, -0.2) is 96.0 Å². The predicted octanol–water partition coefficient (Wildman–Crippen LogP) is -0.503. The van der Waals surface area contributed by atoms with Gasteiger partial charge in [-0.2, -0.15) is 0 Å². The van der Waals surface area contributed by atoms with E-state index in [4.69, 9.17) is 19.9 Å². The van der Waals surface area contributed by atoms with E-state index in [2.05, 4.69) is 5.32 Å². The smallest absolute Gasteiger partial charge is 0.404 e. The number of piperidine rings is 1. The molecule has 5 atom stereocenters. The highest BCUT2D eigenvalue weighted by Crippen LogP contribution is 2.28. The summed E-state index contributed by atoms with van der Waals surface area (Å²) in [6.45, 7) is 1.79. The van der Waals surface area contributed by atoms with Crippen LogP contribution >= 0.6 is 0 Å². The third-order valence-electron chi connectivity index (χ3n) is 6.18. The van der Waals surface area contributed by atoms with Crippen molar-refractivity contribution in [1.29, 1.82) is 0 Å². The van der Waals surface area contributed by atoms with Gasteiger partial charge in [0.05, 0.1) is 19.3 Å². The molecule has 2 fully saturated rings. The fraction of sp³-hybridized carbons (Fsp3) is 0.652. The molecule has 0 aliphatic carbocycles. The lowest BCUT2D eigenvalue weighted by Crippen LogP contribution is -2.53. The molecule has 2 saturated heterocycles. The summed E-state index contributed by atoms with van der Waals surface area (Å²) in [5.41, 5.74) is 5.73. The lowest BCUT2D eigenvalue weighted by atomic mass is 9.97. The fourth-order valence-corrected chi connectivity index (χ4v) is 4.14. The summed E-state index contributed by atoms with van der Waals surface area (Å²) in [6, 6.07) is 9.16. The van der Waals surface area contributed by atoms with Crippen molar-refractivity contribution in [2.24, 2.45) is 11.7 Å². The van der Waals surface area contributed by atoms with Gasteiger partial charge in [0.25, 0.3) is 0 Å². The molecule has 2 amide bonds. The van der Waals surface area contributed by atoms with Crippen LogP contribution < -0.4 is 11.1 Å². The van der Waals surface area contributed by atoms with Gasteiger partial charge in [0, 0.05) is 38.2 Å². The molecule has 2 unspecified atom stereocenters. The maximum Gasteiger partial charge on any atom is 0.404 e. The van der Waals surface area contributed by atoms with Gasteiger partial charge in [-0.3, -0.25) is 4.79 Å². The van der Waals surface area contributed by atoms with E-state index in [1.165, 1.54) is 0 Å². The van der Waals surface area contributed by atoms with Crippen molar-refractivity contribution in [1.82, 2.24) is 10.2 Å². The van der Waals surface area contributed by atoms with E-state index < -0.39 is 36.8 Å². The Balaban J connectivity index is 1.35. The first kappa shape index (κ1) is 26.3. The SMILES string of the molecule is NC(=O)OCC1CCN(C(=O)CCNCC(O)C(O)[C@@H]2O[C@H](c3ccccc3)OC[C@H]2O)CC1. The second kappa shape index (κ2) is 13.0. The van der Waals surface area contributed by atoms with Crippen LogP contribution in [0.5, 0.6) is 0 Å². The number of hydrogen-bond acceptors (Lipinski definition) is 9. The molecule has 2 heterocycles. The number of likely N-dealkylation sites (tertiary alicyclic amines) is 1. The second-order valence-electron chi connectivity index (χ2n) is 8.71. The van der Waals surface area contributed by atoms with E-state index in [-0.39, 0.29) is 38.0 Å². The average Bonchev–Trinajstić information content (AvgIpc) is 2.85. The molecule has 1 aromatic carbocycles. The topological polar surface area (TPSA) is 164 Å². The maximum atomic E-state index is 12.4. The van der Waals surface area contributed by atoms with Gasteiger partial charge in [-0.05, 0) is 18.8 Å². The first-order valence-electron chi connectivity index (χ1n) is 11.6. The van der Waals surface area contributed by atoms with Crippen LogP contribution in [0.2, 0.25) is 0 Å². The van der Waals surface area contributed by atoms with Crippen molar-refractivity contribution in [3.05, 3.63) is 35.9 Å². The number of nitrogens with one attached hydrogen (secondary N) is 1. The van der Waals surface area contributed by atoms with Crippen molar-refractivity contribution in [3.63, 3.8) is 0 Å². The number of benzene rings is 1. The molecule has 1 aromatic rings. The summed E-state index contributed by atoms with van der Waals surface area (Å²) in [6.07, 6.45) is -4.43. The van der Waals surface area contributed by atoms with Crippen molar-refractivity contribution in [3.8, 4) is 0 Å². The molecule has 11 nitrogen and oxygen atoms in total. The third-order valence-corrected chi connectivity index (χ3v) is 6.18. The number of nitrogens with zero attached hydrogens (tertiary/aromatic N) is 1. The van der Waals surface area contributed by atoms with Gasteiger partial charge < -0.3 is 45.5 Å². The number of amides is 2. The van der Waals surface area contributed by atoms with Crippen LogP contribution in [0.15, 0.2) is 30.3 Å². The average molecular weight is 482 g/mol. The lowest BCUT2D eigenvalue weighted by molar-refractivity contribution is -0.282. The summed E-state index contributed by atoms with van der Waals surface area (Å²) in [7, 11) is 0. The van der Waals surface area contributed by atoms with Gasteiger partial charge in [-0.25, -0.2) is 4.79 Å². The molecule has 0 spiro atoms. The Labute approximate surface area is 198 Å². The summed E-state index contributed by atoms with van der Waals surface area (Å²) >= 11 is 0. The standard InChI is InChI=1S/C23H35N3O8/c24-23(31)33-13-15-7-10-26(11-8-15)19(29)6-9-25-12-17(27)20(30)21-18(28)14-32-22(34-21)16-4-2-1-3-5-16/h1-5,15,17-18,20-22,25,27-28,30H,6-14H2,(H2,24,31)/t17?,18-,20?,21-,22-/m1/s1. The highest BCUT2D eigenvalue weighted by molar-refractivity contribution is 5.76. The summed E-state index contributed by atoms with van der Waals surface area (Å²) < 4.78 is 16.1. The molecule has 3 rings (SSSR count). The van der Waals surface area contributed by atoms with E-state index in [0.717, 1.165) is 18.4 Å². The van der Waals surface area contributed by atoms with E-state index in [9.17, 15) is 24.9 Å². The van der Waals surface area contributed by atoms with Crippen LogP contribution in [0.3, 0.4) is 0 Å². The highest BCUT2D eigenvalue weighted by atomic mass is 16.7. The van der Waals surface area contributed by atoms with Crippen LogP contribution in [0.25, 0.3) is 0 Å². The Hall–Kier alpha value is -2.28. The summed E-state index contributed by atoms with van der Waals surface area (Å²) in [5, 5.41) is 34.1. The molecular weight excluding hydrogens is 446 g/mol. The summed E-state index contributed by atoms with van der Waals surface area (Å²) in [5.74, 6) is 0.196. The molecule has 0 bridgehead atoms. The van der Waals surface area contributed by atoms with E-state index in [1.54, 1.807) is 4.90 Å². The minimum Gasteiger partial charge on any atom is -0.449 e. The van der Waals surface area contributed by atoms with Gasteiger partial charge in [-0.1, -0.05) is 30.3 Å². The van der Waals surface area contributed by atoms with E-state index >= 15 is 0 Å². The number of primary amides is 1. The van der Waals surface area contributed by atoms with Crippen LogP contribution in [-0.2, 0) is 19.0 Å². The molecule has 0 saturated carbocycles. The largest absolute Gasteiger partial charge is 0.449 e. The fourth-order valence-electron chi connectivity index (χ4n) is 4.14. The monoisotopic (exact) mass is 481 g/mol. The number of carbonyl (C=O) groups is 2. The van der Waals surface area contributed by atoms with Crippen LogP contribution in [0.4, 0.5) is 4.79 Å². The molecule has 6 N–H and O–H groups in total. The Bertz CT molecular complexity index is 775. The van der Waals surface area contributed by atoms with Crippen molar-refractivity contribution in [2.75, 3.05) is 39.4 Å². The van der Waals surface area contributed by atoms with Crippen LogP contribution in [0.1, 0.15) is 31.1 Å². The molecule has 0 aromatic heterocycles. The Morgan fingerprint density at radius 2 is 1.91 bits per heavy atom. The number of nitrogens with two attached hydrogens (primary N) is 1. The predicted molar refractivity (Wildman–Crippen MR) is 120 cm³/mol. The van der Waals surface area contributed by atoms with Crippen molar-refractivity contribution >= 4 is 12.0 Å². The van der Waals surface area contributed by atoms with Crippen molar-refractivity contribution in [2.45, 2.75) is 50.0 Å². The van der Waals surface area contributed by atoms with Gasteiger partial charge in [-0.15, -0.1) is 0 Å². The van der Waals surface area contributed by atoms with Crippen molar-refractivity contribution < 1.29 is 39.1 Å². The molecule has 2 aliphatic rings. The number of carbonyl (C=O) groups excluding carboxylic acids is 2. The second-order valence-corrected chi connectivity index (χ2v) is 8.71. The Kier molecular flexibility index (Phi) is 10.1. The Morgan fingerprint density at radius 1 is 1.21 bits per heavy atom. The van der Waals surface area contributed by atoms with Gasteiger partial charge in [0.2, 0.25) is 5.91 Å².